The molecular formula is C21H24ClN5O2S2. The summed E-state index contributed by atoms with van der Waals surface area (Å²) in [4.78, 5) is 4.25. The van der Waals surface area contributed by atoms with Gasteiger partial charge in [0.15, 0.2) is 5.17 Å². The third-order valence-electron chi connectivity index (χ3n) is 5.38. The van der Waals surface area contributed by atoms with E-state index in [-0.39, 0.29) is 5.92 Å². The highest BCUT2D eigenvalue weighted by molar-refractivity contribution is 8.13. The molecule has 0 saturated carbocycles. The Hall–Kier alpha value is -1.94. The van der Waals surface area contributed by atoms with Gasteiger partial charge >= 0.3 is 10.2 Å². The molecule has 164 valence electrons. The van der Waals surface area contributed by atoms with Crippen molar-refractivity contribution in [1.29, 1.82) is 0 Å². The lowest BCUT2D eigenvalue weighted by Gasteiger charge is -2.24. The minimum absolute atomic E-state index is 0.0649. The topological polar surface area (TPSA) is 78.2 Å². The van der Waals surface area contributed by atoms with Crippen molar-refractivity contribution in [2.45, 2.75) is 25.2 Å². The van der Waals surface area contributed by atoms with Gasteiger partial charge in [0, 0.05) is 36.4 Å². The van der Waals surface area contributed by atoms with E-state index in [0.717, 1.165) is 36.1 Å². The first kappa shape index (κ1) is 22.3. The molecule has 31 heavy (non-hydrogen) atoms. The van der Waals surface area contributed by atoms with E-state index in [1.807, 2.05) is 48.9 Å². The van der Waals surface area contributed by atoms with Gasteiger partial charge in [0.1, 0.15) is 0 Å². The quantitative estimate of drug-likeness (QED) is 0.491. The second-order valence-corrected chi connectivity index (χ2v) is 10.2. The van der Waals surface area contributed by atoms with Crippen LogP contribution in [0.2, 0.25) is 5.02 Å². The van der Waals surface area contributed by atoms with Gasteiger partial charge in [-0.1, -0.05) is 48.0 Å². The molecule has 1 unspecified atom stereocenters. The van der Waals surface area contributed by atoms with Crippen molar-refractivity contribution in [2.75, 3.05) is 25.9 Å². The number of benzene rings is 1. The number of halogens is 1. The van der Waals surface area contributed by atoms with Crippen LogP contribution >= 0.6 is 23.4 Å². The van der Waals surface area contributed by atoms with Gasteiger partial charge in [-0.15, -0.1) is 4.40 Å². The van der Waals surface area contributed by atoms with Crippen LogP contribution in [-0.2, 0) is 10.2 Å². The molecule has 10 heteroatoms. The molecule has 1 saturated heterocycles. The zero-order valence-corrected chi connectivity index (χ0v) is 19.6. The first-order valence-electron chi connectivity index (χ1n) is 10.1. The highest BCUT2D eigenvalue weighted by Crippen LogP contribution is 2.31. The maximum absolute atomic E-state index is 12.9. The maximum Gasteiger partial charge on any atom is 0.324 e. The zero-order valence-electron chi connectivity index (χ0n) is 17.2. The fourth-order valence-corrected chi connectivity index (χ4v) is 5.95. The number of hydrogen-bond donors (Lipinski definition) is 0. The van der Waals surface area contributed by atoms with Gasteiger partial charge in [0.25, 0.3) is 0 Å². The van der Waals surface area contributed by atoms with E-state index in [1.54, 1.807) is 11.2 Å². The summed E-state index contributed by atoms with van der Waals surface area (Å²) in [5.41, 5.74) is 2.78. The summed E-state index contributed by atoms with van der Waals surface area (Å²) in [7, 11) is -3.74. The van der Waals surface area contributed by atoms with Crippen LogP contribution in [0.3, 0.4) is 0 Å². The van der Waals surface area contributed by atoms with Gasteiger partial charge in [0.05, 0.1) is 12.3 Å². The summed E-state index contributed by atoms with van der Waals surface area (Å²) in [6.45, 7) is 1.52. The van der Waals surface area contributed by atoms with E-state index in [1.165, 1.54) is 16.1 Å². The van der Waals surface area contributed by atoms with Gasteiger partial charge in [-0.2, -0.15) is 17.8 Å². The molecule has 0 spiro atoms. The fourth-order valence-electron chi connectivity index (χ4n) is 3.79. The summed E-state index contributed by atoms with van der Waals surface area (Å²) in [6, 6.07) is 11.4. The third kappa shape index (κ3) is 5.11. The minimum atomic E-state index is -3.74. The molecule has 2 aliphatic rings. The van der Waals surface area contributed by atoms with Crippen molar-refractivity contribution in [3.8, 4) is 0 Å². The van der Waals surface area contributed by atoms with Gasteiger partial charge in [-0.05, 0) is 48.4 Å². The van der Waals surface area contributed by atoms with Gasteiger partial charge in [-0.3, -0.25) is 4.98 Å². The molecule has 0 N–H and O–H groups in total. The van der Waals surface area contributed by atoms with E-state index >= 15 is 0 Å². The first-order chi connectivity index (χ1) is 15.0. The second-order valence-electron chi connectivity index (χ2n) is 7.43. The molecule has 1 atom stereocenters. The van der Waals surface area contributed by atoms with Crippen LogP contribution in [0.1, 0.15) is 36.3 Å². The number of pyridine rings is 1. The Labute approximate surface area is 192 Å². The lowest BCUT2D eigenvalue weighted by Crippen LogP contribution is -2.36. The maximum atomic E-state index is 12.9. The molecule has 0 amide bonds. The molecule has 0 bridgehead atoms. The summed E-state index contributed by atoms with van der Waals surface area (Å²) in [6.07, 6.45) is 8.16. The summed E-state index contributed by atoms with van der Waals surface area (Å²) >= 11 is 7.35. The van der Waals surface area contributed by atoms with E-state index < -0.39 is 10.2 Å². The molecule has 7 nitrogen and oxygen atoms in total. The number of hydrogen-bond acceptors (Lipinski definition) is 5. The fraction of sp³-hybridized carbons (Fsp3) is 0.381. The molecule has 2 aliphatic heterocycles. The summed E-state index contributed by atoms with van der Waals surface area (Å²) in [5, 5.41) is 7.49. The van der Waals surface area contributed by atoms with Crippen molar-refractivity contribution in [2.24, 2.45) is 9.50 Å². The molecule has 1 aromatic carbocycles. The van der Waals surface area contributed by atoms with Crippen LogP contribution in [0, 0.1) is 0 Å². The number of rotatable bonds is 4. The predicted octanol–water partition coefficient (Wildman–Crippen LogP) is 3.99. The van der Waals surface area contributed by atoms with Crippen molar-refractivity contribution in [1.82, 2.24) is 14.3 Å². The Kier molecular flexibility index (Phi) is 6.95. The molecule has 0 radical (unpaired) electrons. The average Bonchev–Trinajstić information content (AvgIpc) is 3.24. The number of thioether (sulfide) groups is 1. The van der Waals surface area contributed by atoms with Crippen molar-refractivity contribution >= 4 is 44.5 Å². The van der Waals surface area contributed by atoms with Crippen LogP contribution in [-0.4, -0.2) is 59.5 Å². The first-order valence-corrected chi connectivity index (χ1v) is 13.1. The number of piperidine rings is 1. The minimum Gasteiger partial charge on any atom is -0.264 e. The highest BCUT2D eigenvalue weighted by Gasteiger charge is 2.33. The molecule has 0 aliphatic carbocycles. The highest BCUT2D eigenvalue weighted by atomic mass is 35.5. The van der Waals surface area contributed by atoms with Gasteiger partial charge in [-0.25, -0.2) is 5.01 Å². The SMILES string of the molecule is CS/C(=N\S(=O)(=O)N1CCCCC1)N1CC(c2cccnc2)C(c2ccc(Cl)cc2)=N1. The van der Waals surface area contributed by atoms with E-state index in [9.17, 15) is 8.42 Å². The molecule has 3 heterocycles. The van der Waals surface area contributed by atoms with E-state index in [2.05, 4.69) is 9.38 Å². The lowest BCUT2D eigenvalue weighted by molar-refractivity contribution is 0.347. The summed E-state index contributed by atoms with van der Waals surface area (Å²) < 4.78 is 31.4. The van der Waals surface area contributed by atoms with Crippen molar-refractivity contribution in [3.05, 3.63) is 64.9 Å². The van der Waals surface area contributed by atoms with Crippen LogP contribution in [0.5, 0.6) is 0 Å². The normalized spacial score (nSPS) is 20.7. The van der Waals surface area contributed by atoms with Crippen LogP contribution in [0.25, 0.3) is 0 Å². The standard InChI is InChI=1S/C21H24ClN5O2S2/c1-30-21(25-31(28,29)26-12-3-2-4-13-26)27-15-19(17-6-5-11-23-14-17)20(24-27)16-7-9-18(22)10-8-16/h5-11,14,19H,2-4,12-13,15H2,1H3/b25-21-. The molecular weight excluding hydrogens is 454 g/mol. The second kappa shape index (κ2) is 9.68. The number of nitrogens with zero attached hydrogens (tertiary/aromatic N) is 5. The molecule has 4 rings (SSSR count). The Morgan fingerprint density at radius 3 is 2.55 bits per heavy atom. The molecule has 1 fully saturated rings. The molecule has 1 aromatic heterocycles. The smallest absolute Gasteiger partial charge is 0.264 e. The zero-order chi connectivity index (χ0) is 21.8. The van der Waals surface area contributed by atoms with Crippen LogP contribution < -0.4 is 0 Å². The van der Waals surface area contributed by atoms with Crippen LogP contribution in [0.4, 0.5) is 0 Å². The van der Waals surface area contributed by atoms with Crippen molar-refractivity contribution < 1.29 is 8.42 Å². The largest absolute Gasteiger partial charge is 0.324 e. The number of amidine groups is 1. The Morgan fingerprint density at radius 2 is 1.90 bits per heavy atom. The monoisotopic (exact) mass is 477 g/mol. The summed E-state index contributed by atoms with van der Waals surface area (Å²) in [5.74, 6) is -0.0649. The predicted molar refractivity (Wildman–Crippen MR) is 127 cm³/mol. The Bertz CT molecular complexity index is 1070. The van der Waals surface area contributed by atoms with E-state index in [4.69, 9.17) is 16.7 Å². The van der Waals surface area contributed by atoms with E-state index in [0.29, 0.717) is 29.8 Å². The van der Waals surface area contributed by atoms with Crippen LogP contribution in [0.15, 0.2) is 58.3 Å². The van der Waals surface area contributed by atoms with Crippen molar-refractivity contribution in [3.63, 3.8) is 0 Å². The third-order valence-corrected chi connectivity index (χ3v) is 7.84. The Morgan fingerprint density at radius 1 is 1.16 bits per heavy atom. The Balaban J connectivity index is 1.69. The number of aromatic nitrogens is 1. The van der Waals surface area contributed by atoms with Gasteiger partial charge < -0.3 is 0 Å². The molecule has 2 aromatic rings. The van der Waals surface area contributed by atoms with Gasteiger partial charge in [0.2, 0.25) is 0 Å². The average molecular weight is 478 g/mol. The number of hydrazone groups is 1. The lowest BCUT2D eigenvalue weighted by atomic mass is 9.92.